The Morgan fingerprint density at radius 2 is 2.25 bits per heavy atom. The van der Waals surface area contributed by atoms with Crippen molar-refractivity contribution < 1.29 is 8.78 Å². The molecule has 0 fully saturated rings. The normalized spacial score (nSPS) is 12.1. The summed E-state index contributed by atoms with van der Waals surface area (Å²) in [6.07, 6.45) is 0. The SMILES string of the molecule is [C-]#[N+]C(CF)c1cccc(F)c1. The first-order valence-corrected chi connectivity index (χ1v) is 3.46. The third-order valence-corrected chi connectivity index (χ3v) is 1.54. The minimum atomic E-state index is -0.860. The molecule has 1 aromatic carbocycles. The summed E-state index contributed by atoms with van der Waals surface area (Å²) in [7, 11) is 0. The quantitative estimate of drug-likeness (QED) is 0.596. The maximum Gasteiger partial charge on any atom is 0.276 e. The molecule has 62 valence electrons. The van der Waals surface area contributed by atoms with Crippen molar-refractivity contribution in [3.63, 3.8) is 0 Å². The van der Waals surface area contributed by atoms with Crippen molar-refractivity contribution >= 4 is 0 Å². The minimum Gasteiger partial charge on any atom is -0.306 e. The average Bonchev–Trinajstić information content (AvgIpc) is 2.07. The van der Waals surface area contributed by atoms with E-state index in [1.807, 2.05) is 0 Å². The molecule has 0 heterocycles. The van der Waals surface area contributed by atoms with E-state index in [1.165, 1.54) is 18.2 Å². The Labute approximate surface area is 69.5 Å². The molecule has 0 aliphatic heterocycles. The van der Waals surface area contributed by atoms with Crippen LogP contribution in [0, 0.1) is 12.4 Å². The summed E-state index contributed by atoms with van der Waals surface area (Å²) in [6.45, 7) is 5.86. The molecule has 1 nitrogen and oxygen atoms in total. The van der Waals surface area contributed by atoms with Gasteiger partial charge in [-0.15, -0.1) is 0 Å². The minimum absolute atomic E-state index is 0.396. The van der Waals surface area contributed by atoms with E-state index in [9.17, 15) is 8.78 Å². The maximum absolute atomic E-state index is 12.6. The number of nitrogens with zero attached hydrogens (tertiary/aromatic N) is 1. The van der Waals surface area contributed by atoms with Crippen LogP contribution in [-0.4, -0.2) is 6.67 Å². The number of halogens is 2. The van der Waals surface area contributed by atoms with E-state index < -0.39 is 18.5 Å². The van der Waals surface area contributed by atoms with Crippen LogP contribution in [0.5, 0.6) is 0 Å². The molecular weight excluding hydrogens is 160 g/mol. The second-order valence-electron chi connectivity index (χ2n) is 2.35. The van der Waals surface area contributed by atoms with Gasteiger partial charge in [-0.25, -0.2) is 15.4 Å². The van der Waals surface area contributed by atoms with Gasteiger partial charge < -0.3 is 4.85 Å². The summed E-state index contributed by atoms with van der Waals surface area (Å²) in [5.74, 6) is -0.436. The molecule has 0 spiro atoms. The second-order valence-corrected chi connectivity index (χ2v) is 2.35. The highest BCUT2D eigenvalue weighted by Gasteiger charge is 2.14. The van der Waals surface area contributed by atoms with Gasteiger partial charge in [0.05, 0.1) is 0 Å². The topological polar surface area (TPSA) is 4.36 Å². The van der Waals surface area contributed by atoms with Gasteiger partial charge in [-0.2, -0.15) is 0 Å². The van der Waals surface area contributed by atoms with E-state index in [0.29, 0.717) is 5.56 Å². The van der Waals surface area contributed by atoms with Gasteiger partial charge in [0.25, 0.3) is 6.04 Å². The van der Waals surface area contributed by atoms with Crippen molar-refractivity contribution in [3.05, 3.63) is 47.1 Å². The first kappa shape index (κ1) is 8.66. The highest BCUT2D eigenvalue weighted by Crippen LogP contribution is 2.18. The van der Waals surface area contributed by atoms with Gasteiger partial charge in [-0.05, 0) is 12.1 Å². The molecule has 0 bridgehead atoms. The number of alkyl halides is 1. The van der Waals surface area contributed by atoms with Gasteiger partial charge in [0.15, 0.2) is 6.67 Å². The van der Waals surface area contributed by atoms with Crippen LogP contribution >= 0.6 is 0 Å². The van der Waals surface area contributed by atoms with Crippen LogP contribution in [-0.2, 0) is 0 Å². The zero-order valence-electron chi connectivity index (χ0n) is 6.30. The molecule has 0 aliphatic rings. The molecule has 12 heavy (non-hydrogen) atoms. The van der Waals surface area contributed by atoms with Gasteiger partial charge in [-0.1, -0.05) is 12.1 Å². The van der Waals surface area contributed by atoms with E-state index in [1.54, 1.807) is 6.07 Å². The lowest BCUT2D eigenvalue weighted by atomic mass is 10.1. The summed E-state index contributed by atoms with van der Waals surface area (Å²) in [5.41, 5.74) is 0.396. The molecule has 1 aromatic rings. The first-order chi connectivity index (χ1) is 5.77. The molecule has 1 unspecified atom stereocenters. The zero-order chi connectivity index (χ0) is 8.97. The summed E-state index contributed by atoms with van der Waals surface area (Å²) < 4.78 is 24.7. The van der Waals surface area contributed by atoms with Crippen molar-refractivity contribution in [2.24, 2.45) is 0 Å². The fourth-order valence-electron chi connectivity index (χ4n) is 0.912. The lowest BCUT2D eigenvalue weighted by Crippen LogP contribution is -1.95. The molecule has 0 radical (unpaired) electrons. The van der Waals surface area contributed by atoms with Crippen molar-refractivity contribution in [3.8, 4) is 0 Å². The predicted molar refractivity (Wildman–Crippen MR) is 41.7 cm³/mol. The van der Waals surface area contributed by atoms with E-state index >= 15 is 0 Å². The Hall–Kier alpha value is -1.43. The van der Waals surface area contributed by atoms with E-state index in [2.05, 4.69) is 4.85 Å². The number of hydrogen-bond donors (Lipinski definition) is 0. The highest BCUT2D eigenvalue weighted by molar-refractivity contribution is 5.22. The third kappa shape index (κ3) is 1.79. The third-order valence-electron chi connectivity index (χ3n) is 1.54. The zero-order valence-corrected chi connectivity index (χ0v) is 6.30. The van der Waals surface area contributed by atoms with Crippen molar-refractivity contribution in [2.45, 2.75) is 6.04 Å². The highest BCUT2D eigenvalue weighted by atomic mass is 19.1. The molecule has 0 amide bonds. The Bertz CT molecular complexity index is 304. The van der Waals surface area contributed by atoms with Crippen molar-refractivity contribution in [2.75, 3.05) is 6.67 Å². The second kappa shape index (κ2) is 3.82. The number of benzene rings is 1. The molecule has 1 atom stereocenters. The van der Waals surface area contributed by atoms with Crippen LogP contribution < -0.4 is 0 Å². The molecule has 3 heteroatoms. The Morgan fingerprint density at radius 3 is 2.75 bits per heavy atom. The van der Waals surface area contributed by atoms with Gasteiger partial charge >= 0.3 is 0 Å². The van der Waals surface area contributed by atoms with Crippen LogP contribution in [0.2, 0.25) is 0 Å². The molecule has 0 N–H and O–H groups in total. The summed E-state index contributed by atoms with van der Waals surface area (Å²) in [6, 6.07) is 4.61. The summed E-state index contributed by atoms with van der Waals surface area (Å²) in [4.78, 5) is 3.03. The van der Waals surface area contributed by atoms with Gasteiger partial charge in [0, 0.05) is 5.56 Å². The fourth-order valence-corrected chi connectivity index (χ4v) is 0.912. The molecule has 0 aromatic heterocycles. The summed E-state index contributed by atoms with van der Waals surface area (Å²) >= 11 is 0. The van der Waals surface area contributed by atoms with Crippen molar-refractivity contribution in [1.29, 1.82) is 0 Å². The van der Waals surface area contributed by atoms with Crippen molar-refractivity contribution in [1.82, 2.24) is 0 Å². The van der Waals surface area contributed by atoms with E-state index in [0.717, 1.165) is 0 Å². The Morgan fingerprint density at radius 1 is 1.50 bits per heavy atom. The van der Waals surface area contributed by atoms with E-state index in [-0.39, 0.29) is 0 Å². The first-order valence-electron chi connectivity index (χ1n) is 3.46. The molecule has 0 saturated carbocycles. The molecule has 0 aliphatic carbocycles. The smallest absolute Gasteiger partial charge is 0.276 e. The van der Waals surface area contributed by atoms with Crippen LogP contribution in [0.15, 0.2) is 24.3 Å². The van der Waals surface area contributed by atoms with Gasteiger partial charge in [0.1, 0.15) is 5.82 Å². The monoisotopic (exact) mass is 167 g/mol. The van der Waals surface area contributed by atoms with Crippen LogP contribution in [0.3, 0.4) is 0 Å². The van der Waals surface area contributed by atoms with Crippen LogP contribution in [0.25, 0.3) is 4.85 Å². The van der Waals surface area contributed by atoms with E-state index in [4.69, 9.17) is 6.57 Å². The van der Waals surface area contributed by atoms with Crippen LogP contribution in [0.1, 0.15) is 11.6 Å². The lowest BCUT2D eigenvalue weighted by molar-refractivity contribution is 0.464. The largest absolute Gasteiger partial charge is 0.306 e. The van der Waals surface area contributed by atoms with Gasteiger partial charge in [0.2, 0.25) is 0 Å². The standard InChI is InChI=1S/C9H7F2N/c1-12-9(6-10)7-3-2-4-8(11)5-7/h2-5,9H,6H2. The maximum atomic E-state index is 12.6. The van der Waals surface area contributed by atoms with Gasteiger partial charge in [-0.3, -0.25) is 0 Å². The number of rotatable bonds is 2. The predicted octanol–water partition coefficient (Wildman–Crippen LogP) is 2.76. The summed E-state index contributed by atoms with van der Waals surface area (Å²) in [5, 5.41) is 0. The average molecular weight is 167 g/mol. The molecular formula is C9H7F2N. The van der Waals surface area contributed by atoms with Crippen LogP contribution in [0.4, 0.5) is 8.78 Å². The fraction of sp³-hybridized carbons (Fsp3) is 0.222. The molecule has 0 saturated heterocycles. The Kier molecular flexibility index (Phi) is 2.76. The number of hydrogen-bond acceptors (Lipinski definition) is 0. The Balaban J connectivity index is 2.95. The lowest BCUT2D eigenvalue weighted by Gasteiger charge is -1.99. The molecule has 1 rings (SSSR count).